The lowest BCUT2D eigenvalue weighted by Crippen LogP contribution is -2.52. The summed E-state index contributed by atoms with van der Waals surface area (Å²) in [5, 5.41) is 2.30. The van der Waals surface area contributed by atoms with Crippen LogP contribution in [0, 0.1) is 6.92 Å². The number of aryl methyl sites for hydroxylation is 1. The highest BCUT2D eigenvalue weighted by molar-refractivity contribution is 6.05. The van der Waals surface area contributed by atoms with Crippen LogP contribution in [0.4, 0.5) is 0 Å². The van der Waals surface area contributed by atoms with Gasteiger partial charge >= 0.3 is 0 Å². The van der Waals surface area contributed by atoms with Crippen LogP contribution in [0.5, 0.6) is 0 Å². The third-order valence-electron chi connectivity index (χ3n) is 5.40. The Balaban J connectivity index is 0.000000257. The minimum Gasteiger partial charge on any atom is -0.322 e. The first-order valence-corrected chi connectivity index (χ1v) is 10.6. The van der Waals surface area contributed by atoms with E-state index in [1.54, 1.807) is 11.0 Å². The predicted molar refractivity (Wildman–Crippen MR) is 111 cm³/mol. The summed E-state index contributed by atoms with van der Waals surface area (Å²) >= 11 is 0. The third-order valence-corrected chi connectivity index (χ3v) is 5.40. The second-order valence-electron chi connectivity index (χ2n) is 7.75. The van der Waals surface area contributed by atoms with E-state index in [9.17, 15) is 19.2 Å². The molecule has 1 saturated heterocycles. The van der Waals surface area contributed by atoms with E-state index in [0.29, 0.717) is 24.3 Å². The fourth-order valence-electron chi connectivity index (χ4n) is 3.72. The number of rotatable bonds is 7. The Kier molecular flexibility index (Phi) is 8.55. The van der Waals surface area contributed by atoms with Crippen molar-refractivity contribution in [3.8, 4) is 0 Å². The van der Waals surface area contributed by atoms with Crippen LogP contribution in [0.25, 0.3) is 0 Å². The molecular formula is C23H32N2O4. The Labute approximate surface area is 173 Å². The van der Waals surface area contributed by atoms with Gasteiger partial charge in [0.15, 0.2) is 0 Å². The second kappa shape index (κ2) is 10.9. The highest BCUT2D eigenvalue weighted by Crippen LogP contribution is 2.29. The zero-order valence-corrected chi connectivity index (χ0v) is 17.8. The molecule has 3 rings (SSSR count). The Bertz CT molecular complexity index is 772. The highest BCUT2D eigenvalue weighted by Gasteiger charge is 2.39. The van der Waals surface area contributed by atoms with Gasteiger partial charge in [-0.2, -0.15) is 0 Å². The summed E-state index contributed by atoms with van der Waals surface area (Å²) in [5.41, 5.74) is 2.71. The van der Waals surface area contributed by atoms with E-state index < -0.39 is 6.04 Å². The van der Waals surface area contributed by atoms with Crippen LogP contribution in [-0.2, 0) is 20.9 Å². The number of nitrogens with zero attached hydrogens (tertiary/aromatic N) is 1. The minimum absolute atomic E-state index is 0.117. The van der Waals surface area contributed by atoms with Gasteiger partial charge in [-0.05, 0) is 43.4 Å². The van der Waals surface area contributed by atoms with E-state index >= 15 is 0 Å². The van der Waals surface area contributed by atoms with E-state index in [2.05, 4.69) is 19.2 Å². The number of unbranched alkanes of at least 4 members (excludes halogenated alkanes) is 2. The fourth-order valence-corrected chi connectivity index (χ4v) is 3.72. The Morgan fingerprint density at radius 3 is 2.48 bits per heavy atom. The van der Waals surface area contributed by atoms with Crippen molar-refractivity contribution in [2.24, 2.45) is 0 Å². The van der Waals surface area contributed by atoms with Crippen molar-refractivity contribution in [1.82, 2.24) is 10.2 Å². The van der Waals surface area contributed by atoms with E-state index in [1.807, 2.05) is 19.1 Å². The molecule has 2 aliphatic rings. The van der Waals surface area contributed by atoms with Gasteiger partial charge < -0.3 is 4.90 Å². The van der Waals surface area contributed by atoms with Crippen LogP contribution in [0.3, 0.4) is 0 Å². The normalized spacial score (nSPS) is 18.1. The quantitative estimate of drug-likeness (QED) is 0.559. The van der Waals surface area contributed by atoms with Crippen LogP contribution >= 0.6 is 0 Å². The molecule has 158 valence electrons. The molecule has 1 unspecified atom stereocenters. The van der Waals surface area contributed by atoms with Crippen LogP contribution in [0.15, 0.2) is 18.2 Å². The van der Waals surface area contributed by atoms with Crippen molar-refractivity contribution in [2.45, 2.75) is 84.7 Å². The molecule has 0 aliphatic carbocycles. The van der Waals surface area contributed by atoms with E-state index in [1.165, 1.54) is 12.8 Å². The maximum atomic E-state index is 12.3. The molecule has 1 N–H and O–H groups in total. The van der Waals surface area contributed by atoms with Crippen LogP contribution in [0.1, 0.15) is 86.7 Å². The number of carbonyl (C=O) groups excluding carboxylic acids is 4. The molecule has 3 amide bonds. The molecule has 0 radical (unpaired) electrons. The Hall–Kier alpha value is -2.50. The first-order valence-electron chi connectivity index (χ1n) is 10.6. The SMILES string of the molecule is CCCCCC(=O)CCC.Cc1cccc2c1CN(C1CCC(=O)NC1=O)C2=O. The average molecular weight is 401 g/mol. The first-order chi connectivity index (χ1) is 13.9. The molecule has 0 saturated carbocycles. The van der Waals surface area contributed by atoms with Gasteiger partial charge in [-0.1, -0.05) is 38.8 Å². The lowest BCUT2D eigenvalue weighted by molar-refractivity contribution is -0.137. The molecule has 0 spiro atoms. The zero-order valence-electron chi connectivity index (χ0n) is 17.8. The van der Waals surface area contributed by atoms with Gasteiger partial charge in [0.05, 0.1) is 0 Å². The van der Waals surface area contributed by atoms with Gasteiger partial charge in [-0.15, -0.1) is 0 Å². The number of Topliss-reactive ketones (excluding diaryl/α,β-unsaturated/α-hetero) is 1. The van der Waals surface area contributed by atoms with E-state index in [4.69, 9.17) is 0 Å². The molecule has 0 aromatic heterocycles. The highest BCUT2D eigenvalue weighted by atomic mass is 16.2. The Morgan fingerprint density at radius 1 is 1.10 bits per heavy atom. The number of fused-ring (bicyclic) bond motifs is 1. The predicted octanol–water partition coefficient (Wildman–Crippen LogP) is 3.69. The van der Waals surface area contributed by atoms with Crippen LogP contribution < -0.4 is 5.32 Å². The van der Waals surface area contributed by atoms with E-state index in [0.717, 1.165) is 36.8 Å². The van der Waals surface area contributed by atoms with Gasteiger partial charge in [0.25, 0.3) is 5.91 Å². The number of hydrogen-bond donors (Lipinski definition) is 1. The van der Waals surface area contributed by atoms with Crippen LogP contribution in [-0.4, -0.2) is 34.4 Å². The maximum absolute atomic E-state index is 12.3. The van der Waals surface area contributed by atoms with Crippen molar-refractivity contribution in [3.63, 3.8) is 0 Å². The number of imide groups is 1. The largest absolute Gasteiger partial charge is 0.322 e. The van der Waals surface area contributed by atoms with Crippen molar-refractivity contribution in [1.29, 1.82) is 0 Å². The van der Waals surface area contributed by atoms with E-state index in [-0.39, 0.29) is 24.1 Å². The average Bonchev–Trinajstić information content (AvgIpc) is 3.01. The standard InChI is InChI=1S/C14H14N2O3.C9H18O/c1-8-3-2-4-9-10(8)7-16(14(9)19)11-5-6-12(17)15-13(11)18;1-3-5-6-8-9(10)7-4-2/h2-4,11H,5-7H2,1H3,(H,15,17,18);3-8H2,1-2H3. The van der Waals surface area contributed by atoms with Gasteiger partial charge in [0.1, 0.15) is 11.8 Å². The van der Waals surface area contributed by atoms with Gasteiger partial charge in [0.2, 0.25) is 11.8 Å². The smallest absolute Gasteiger partial charge is 0.255 e. The summed E-state index contributed by atoms with van der Waals surface area (Å²) in [4.78, 5) is 47.8. The number of benzene rings is 1. The molecular weight excluding hydrogens is 368 g/mol. The lowest BCUT2D eigenvalue weighted by Gasteiger charge is -2.29. The molecule has 2 heterocycles. The summed E-state index contributed by atoms with van der Waals surface area (Å²) in [5.74, 6) is -0.305. The van der Waals surface area contributed by atoms with Gasteiger partial charge in [-0.25, -0.2) is 0 Å². The number of ketones is 1. The summed E-state index contributed by atoms with van der Waals surface area (Å²) < 4.78 is 0. The fraction of sp³-hybridized carbons (Fsp3) is 0.565. The first kappa shape index (κ1) is 22.8. The zero-order chi connectivity index (χ0) is 21.4. The molecule has 1 fully saturated rings. The van der Waals surface area contributed by atoms with Crippen molar-refractivity contribution in [2.75, 3.05) is 0 Å². The van der Waals surface area contributed by atoms with Gasteiger partial charge in [0, 0.05) is 31.4 Å². The molecule has 6 heteroatoms. The minimum atomic E-state index is -0.531. The number of piperidine rings is 1. The molecule has 29 heavy (non-hydrogen) atoms. The number of nitrogens with one attached hydrogen (secondary N) is 1. The lowest BCUT2D eigenvalue weighted by atomic mass is 10.0. The summed E-state index contributed by atoms with van der Waals surface area (Å²) in [7, 11) is 0. The van der Waals surface area contributed by atoms with Crippen molar-refractivity contribution >= 4 is 23.5 Å². The molecule has 0 bridgehead atoms. The molecule has 1 aromatic rings. The topological polar surface area (TPSA) is 83.6 Å². The second-order valence-corrected chi connectivity index (χ2v) is 7.75. The van der Waals surface area contributed by atoms with Gasteiger partial charge in [-0.3, -0.25) is 24.5 Å². The maximum Gasteiger partial charge on any atom is 0.255 e. The van der Waals surface area contributed by atoms with Crippen LogP contribution in [0.2, 0.25) is 0 Å². The summed E-state index contributed by atoms with van der Waals surface area (Å²) in [6, 6.07) is 5.06. The Morgan fingerprint density at radius 2 is 1.86 bits per heavy atom. The van der Waals surface area contributed by atoms with Crippen molar-refractivity contribution < 1.29 is 19.2 Å². The van der Waals surface area contributed by atoms with Crippen molar-refractivity contribution in [3.05, 3.63) is 34.9 Å². The molecule has 1 aromatic carbocycles. The number of carbonyl (C=O) groups is 4. The monoisotopic (exact) mass is 400 g/mol. The number of hydrogen-bond acceptors (Lipinski definition) is 4. The molecule has 2 aliphatic heterocycles. The summed E-state index contributed by atoms with van der Waals surface area (Å²) in [6.07, 6.45) is 6.79. The number of amides is 3. The molecule has 6 nitrogen and oxygen atoms in total. The molecule has 1 atom stereocenters. The third kappa shape index (κ3) is 5.99. The summed E-state index contributed by atoms with van der Waals surface area (Å²) in [6.45, 7) is 6.62.